The molecule has 1 amide bonds. The maximum Gasteiger partial charge on any atom is 0.251 e. The van der Waals surface area contributed by atoms with Crippen molar-refractivity contribution in [2.75, 3.05) is 32.8 Å². The molecule has 1 aromatic rings. The summed E-state index contributed by atoms with van der Waals surface area (Å²) < 4.78 is 11.4. The summed E-state index contributed by atoms with van der Waals surface area (Å²) in [5, 5.41) is 3.56. The molecule has 0 aromatic heterocycles. The molecular weight excluding hydrogens is 364 g/mol. The van der Waals surface area contributed by atoms with E-state index in [1.165, 1.54) is 12.8 Å². The molecule has 0 atom stereocenters. The van der Waals surface area contributed by atoms with E-state index >= 15 is 0 Å². The van der Waals surface area contributed by atoms with Crippen molar-refractivity contribution in [1.82, 2.24) is 10.2 Å². The quantitative estimate of drug-likeness (QED) is 0.631. The Bertz CT molecular complexity index is 601. The molecule has 152 valence electrons. The van der Waals surface area contributed by atoms with Gasteiger partial charge in [-0.25, -0.2) is 0 Å². The van der Waals surface area contributed by atoms with Gasteiger partial charge in [-0.15, -0.1) is 0 Å². The van der Waals surface area contributed by atoms with E-state index in [1.807, 2.05) is 13.8 Å². The SMILES string of the molecule is CCCCN1CCC(NC(=O)c2cc(Cl)c(OCCC)c(OCC)c2)CC1. The van der Waals surface area contributed by atoms with Crippen LogP contribution in [0.1, 0.15) is 63.2 Å². The summed E-state index contributed by atoms with van der Waals surface area (Å²) in [6, 6.07) is 3.60. The Morgan fingerprint density at radius 3 is 2.56 bits per heavy atom. The number of amides is 1. The second kappa shape index (κ2) is 11.4. The molecule has 1 saturated heterocycles. The highest BCUT2D eigenvalue weighted by Gasteiger charge is 2.22. The van der Waals surface area contributed by atoms with Crippen LogP contribution < -0.4 is 14.8 Å². The van der Waals surface area contributed by atoms with Crippen molar-refractivity contribution in [3.05, 3.63) is 22.7 Å². The smallest absolute Gasteiger partial charge is 0.251 e. The zero-order chi connectivity index (χ0) is 19.6. The van der Waals surface area contributed by atoms with Crippen LogP contribution in [0.5, 0.6) is 11.5 Å². The zero-order valence-electron chi connectivity index (χ0n) is 16.9. The van der Waals surface area contributed by atoms with E-state index in [9.17, 15) is 4.79 Å². The zero-order valence-corrected chi connectivity index (χ0v) is 17.6. The minimum atomic E-state index is -0.105. The molecule has 1 fully saturated rings. The van der Waals surface area contributed by atoms with Gasteiger partial charge < -0.3 is 19.7 Å². The molecule has 6 heteroatoms. The molecule has 0 bridgehead atoms. The molecule has 1 aromatic carbocycles. The summed E-state index contributed by atoms with van der Waals surface area (Å²) in [7, 11) is 0. The Kier molecular flexibility index (Phi) is 9.22. The Labute approximate surface area is 168 Å². The lowest BCUT2D eigenvalue weighted by atomic mass is 10.0. The molecule has 0 aliphatic carbocycles. The van der Waals surface area contributed by atoms with Crippen LogP contribution in [0.3, 0.4) is 0 Å². The molecule has 0 saturated carbocycles. The maximum absolute atomic E-state index is 12.7. The normalized spacial score (nSPS) is 15.6. The van der Waals surface area contributed by atoms with E-state index in [1.54, 1.807) is 12.1 Å². The summed E-state index contributed by atoms with van der Waals surface area (Å²) in [6.45, 7) is 10.4. The maximum atomic E-state index is 12.7. The van der Waals surface area contributed by atoms with Gasteiger partial charge in [-0.3, -0.25) is 4.79 Å². The van der Waals surface area contributed by atoms with Gasteiger partial charge in [0, 0.05) is 24.7 Å². The Balaban J connectivity index is 1.99. The predicted molar refractivity (Wildman–Crippen MR) is 110 cm³/mol. The summed E-state index contributed by atoms with van der Waals surface area (Å²) in [6.07, 6.45) is 5.30. The van der Waals surface area contributed by atoms with Crippen LogP contribution in [0.4, 0.5) is 0 Å². The number of benzene rings is 1. The van der Waals surface area contributed by atoms with E-state index < -0.39 is 0 Å². The van der Waals surface area contributed by atoms with E-state index in [4.69, 9.17) is 21.1 Å². The van der Waals surface area contributed by atoms with Gasteiger partial charge in [-0.1, -0.05) is 31.9 Å². The van der Waals surface area contributed by atoms with Gasteiger partial charge in [0.2, 0.25) is 0 Å². The van der Waals surface area contributed by atoms with E-state index in [0.29, 0.717) is 35.3 Å². The summed E-state index contributed by atoms with van der Waals surface area (Å²) in [5.41, 5.74) is 0.515. The van der Waals surface area contributed by atoms with Crippen LogP contribution in [0.15, 0.2) is 12.1 Å². The van der Waals surface area contributed by atoms with Crippen molar-refractivity contribution in [2.45, 2.75) is 58.9 Å². The number of nitrogens with zero attached hydrogens (tertiary/aromatic N) is 1. The fourth-order valence-electron chi connectivity index (χ4n) is 3.26. The van der Waals surface area contributed by atoms with Crippen LogP contribution in [0.25, 0.3) is 0 Å². The van der Waals surface area contributed by atoms with Crippen LogP contribution in [0, 0.1) is 0 Å². The first-order chi connectivity index (χ1) is 13.1. The lowest BCUT2D eigenvalue weighted by Crippen LogP contribution is -2.44. The third kappa shape index (κ3) is 6.58. The lowest BCUT2D eigenvalue weighted by molar-refractivity contribution is 0.0910. The van der Waals surface area contributed by atoms with Gasteiger partial charge in [0.15, 0.2) is 11.5 Å². The molecule has 1 N–H and O–H groups in total. The number of carbonyl (C=O) groups excluding carboxylic acids is 1. The molecule has 0 radical (unpaired) electrons. The van der Waals surface area contributed by atoms with Gasteiger partial charge in [-0.2, -0.15) is 0 Å². The molecular formula is C21H33ClN2O3. The number of ether oxygens (including phenoxy) is 2. The van der Waals surface area contributed by atoms with Crippen LogP contribution in [-0.4, -0.2) is 49.7 Å². The molecule has 0 unspecified atom stereocenters. The Hall–Kier alpha value is -1.46. The first-order valence-corrected chi connectivity index (χ1v) is 10.6. The molecule has 1 heterocycles. The third-order valence-electron chi connectivity index (χ3n) is 4.77. The number of piperidine rings is 1. The monoisotopic (exact) mass is 396 g/mol. The lowest BCUT2D eigenvalue weighted by Gasteiger charge is -2.32. The standard InChI is InChI=1S/C21H33ClN2O3/c1-4-7-10-24-11-8-17(9-12-24)23-21(25)16-14-18(22)20(27-13-5-2)19(15-16)26-6-3/h14-15,17H,4-13H2,1-3H3,(H,23,25). The van der Waals surface area contributed by atoms with Crippen molar-refractivity contribution in [1.29, 1.82) is 0 Å². The summed E-state index contributed by atoms with van der Waals surface area (Å²) in [4.78, 5) is 15.2. The Morgan fingerprint density at radius 1 is 1.19 bits per heavy atom. The number of hydrogen-bond donors (Lipinski definition) is 1. The number of likely N-dealkylation sites (tertiary alicyclic amines) is 1. The number of carbonyl (C=O) groups is 1. The number of hydrogen-bond acceptors (Lipinski definition) is 4. The van der Waals surface area contributed by atoms with Crippen molar-refractivity contribution < 1.29 is 14.3 Å². The highest BCUT2D eigenvalue weighted by Crippen LogP contribution is 2.37. The van der Waals surface area contributed by atoms with E-state index in [2.05, 4.69) is 17.1 Å². The minimum absolute atomic E-state index is 0.105. The van der Waals surface area contributed by atoms with Gasteiger partial charge >= 0.3 is 0 Å². The average molecular weight is 397 g/mol. The second-order valence-electron chi connectivity index (χ2n) is 7.01. The van der Waals surface area contributed by atoms with Crippen molar-refractivity contribution >= 4 is 17.5 Å². The van der Waals surface area contributed by atoms with Gasteiger partial charge in [0.1, 0.15) is 0 Å². The van der Waals surface area contributed by atoms with Crippen LogP contribution in [0.2, 0.25) is 5.02 Å². The van der Waals surface area contributed by atoms with Crippen molar-refractivity contribution in [3.8, 4) is 11.5 Å². The van der Waals surface area contributed by atoms with Crippen LogP contribution in [-0.2, 0) is 0 Å². The summed E-state index contributed by atoms with van der Waals surface area (Å²) >= 11 is 6.37. The molecule has 27 heavy (non-hydrogen) atoms. The van der Waals surface area contributed by atoms with Gasteiger partial charge in [0.25, 0.3) is 5.91 Å². The van der Waals surface area contributed by atoms with E-state index in [-0.39, 0.29) is 11.9 Å². The summed E-state index contributed by atoms with van der Waals surface area (Å²) in [5.74, 6) is 0.936. The fourth-order valence-corrected chi connectivity index (χ4v) is 3.52. The van der Waals surface area contributed by atoms with Crippen molar-refractivity contribution in [2.24, 2.45) is 0 Å². The fraction of sp³-hybridized carbons (Fsp3) is 0.667. The number of rotatable bonds is 10. The van der Waals surface area contributed by atoms with E-state index in [0.717, 1.165) is 38.9 Å². The van der Waals surface area contributed by atoms with Crippen molar-refractivity contribution in [3.63, 3.8) is 0 Å². The first kappa shape index (κ1) is 21.8. The molecule has 1 aliphatic rings. The van der Waals surface area contributed by atoms with Crippen LogP contribution >= 0.6 is 11.6 Å². The molecule has 2 rings (SSSR count). The van der Waals surface area contributed by atoms with Gasteiger partial charge in [-0.05, 0) is 51.3 Å². The second-order valence-corrected chi connectivity index (χ2v) is 7.42. The average Bonchev–Trinajstić information content (AvgIpc) is 2.67. The number of nitrogens with one attached hydrogen (secondary N) is 1. The molecule has 5 nitrogen and oxygen atoms in total. The molecule has 1 aliphatic heterocycles. The largest absolute Gasteiger partial charge is 0.490 e. The minimum Gasteiger partial charge on any atom is -0.490 e. The number of halogens is 1. The topological polar surface area (TPSA) is 50.8 Å². The first-order valence-electron chi connectivity index (χ1n) is 10.2. The third-order valence-corrected chi connectivity index (χ3v) is 5.05. The molecule has 0 spiro atoms. The van der Waals surface area contributed by atoms with Gasteiger partial charge in [0.05, 0.1) is 18.2 Å². The Morgan fingerprint density at radius 2 is 1.93 bits per heavy atom. The highest BCUT2D eigenvalue weighted by molar-refractivity contribution is 6.32. The number of unbranched alkanes of at least 4 members (excludes halogenated alkanes) is 1. The highest BCUT2D eigenvalue weighted by atomic mass is 35.5. The predicted octanol–water partition coefficient (Wildman–Crippen LogP) is 4.52.